The molecule has 1 aliphatic heterocycles. The summed E-state index contributed by atoms with van der Waals surface area (Å²) in [6.45, 7) is 4.57. The first-order valence-corrected chi connectivity index (χ1v) is 8.32. The van der Waals surface area contributed by atoms with Crippen LogP contribution in [-0.2, 0) is 0 Å². The largest absolute Gasteiger partial charge is 0.315 e. The van der Waals surface area contributed by atoms with Gasteiger partial charge in [0, 0.05) is 19.6 Å². The van der Waals surface area contributed by atoms with Gasteiger partial charge in [0.05, 0.1) is 6.04 Å². The normalized spacial score (nSPS) is 18.1. The fourth-order valence-corrected chi connectivity index (χ4v) is 3.96. The van der Waals surface area contributed by atoms with Gasteiger partial charge in [-0.1, -0.05) is 0 Å². The molecule has 0 saturated carbocycles. The Kier molecular flexibility index (Phi) is 4.10. The smallest absolute Gasteiger partial charge is 0.0618 e. The standard InChI is InChI=1S/C14H18N2S2/c1-4-15-5-7-16(6-1)14(12-2-8-17-10-12)13-3-9-18-11-13/h2-3,8-11,14-15H,1,4-7H2. The van der Waals surface area contributed by atoms with E-state index in [4.69, 9.17) is 0 Å². The predicted molar refractivity (Wildman–Crippen MR) is 79.5 cm³/mol. The zero-order valence-electron chi connectivity index (χ0n) is 10.3. The first kappa shape index (κ1) is 12.4. The highest BCUT2D eigenvalue weighted by Crippen LogP contribution is 2.31. The van der Waals surface area contributed by atoms with E-state index in [1.54, 1.807) is 22.7 Å². The van der Waals surface area contributed by atoms with Crippen LogP contribution in [0.4, 0.5) is 0 Å². The topological polar surface area (TPSA) is 15.3 Å². The van der Waals surface area contributed by atoms with E-state index in [0.717, 1.165) is 19.6 Å². The number of nitrogens with zero attached hydrogens (tertiary/aromatic N) is 1. The monoisotopic (exact) mass is 278 g/mol. The van der Waals surface area contributed by atoms with Crippen molar-refractivity contribution in [1.82, 2.24) is 10.2 Å². The summed E-state index contributed by atoms with van der Waals surface area (Å²) in [5, 5.41) is 12.4. The van der Waals surface area contributed by atoms with Crippen molar-refractivity contribution in [1.29, 1.82) is 0 Å². The van der Waals surface area contributed by atoms with Crippen LogP contribution in [0.2, 0.25) is 0 Å². The predicted octanol–water partition coefficient (Wildman–Crippen LogP) is 3.19. The molecule has 0 aromatic carbocycles. The fraction of sp³-hybridized carbons (Fsp3) is 0.429. The second-order valence-corrected chi connectivity index (χ2v) is 6.22. The molecular formula is C14H18N2S2. The van der Waals surface area contributed by atoms with E-state index in [1.165, 1.54) is 24.1 Å². The van der Waals surface area contributed by atoms with E-state index in [1.807, 2.05) is 0 Å². The van der Waals surface area contributed by atoms with Gasteiger partial charge in [0.1, 0.15) is 0 Å². The number of hydrogen-bond acceptors (Lipinski definition) is 4. The summed E-state index contributed by atoms with van der Waals surface area (Å²) in [6.07, 6.45) is 1.24. The SMILES string of the molecule is c1cc(C(c2ccsc2)N2CCCNCC2)cs1. The molecular weight excluding hydrogens is 260 g/mol. The van der Waals surface area contributed by atoms with Crippen LogP contribution in [0, 0.1) is 0 Å². The molecule has 4 heteroatoms. The van der Waals surface area contributed by atoms with Crippen molar-refractivity contribution < 1.29 is 0 Å². The van der Waals surface area contributed by atoms with Crippen LogP contribution in [0.15, 0.2) is 33.7 Å². The Morgan fingerprint density at radius 3 is 2.33 bits per heavy atom. The van der Waals surface area contributed by atoms with Gasteiger partial charge in [0.25, 0.3) is 0 Å². The number of rotatable bonds is 3. The lowest BCUT2D eigenvalue weighted by Gasteiger charge is -2.29. The summed E-state index contributed by atoms with van der Waals surface area (Å²) in [7, 11) is 0. The first-order valence-electron chi connectivity index (χ1n) is 6.44. The molecule has 2 aromatic rings. The Bertz CT molecular complexity index is 408. The molecule has 2 nitrogen and oxygen atoms in total. The quantitative estimate of drug-likeness (QED) is 0.927. The lowest BCUT2D eigenvalue weighted by atomic mass is 10.0. The zero-order valence-corrected chi connectivity index (χ0v) is 12.0. The molecule has 1 aliphatic rings. The molecule has 0 atom stereocenters. The summed E-state index contributed by atoms with van der Waals surface area (Å²) in [4.78, 5) is 2.62. The van der Waals surface area contributed by atoms with Crippen LogP contribution in [0.1, 0.15) is 23.6 Å². The van der Waals surface area contributed by atoms with Crippen molar-refractivity contribution >= 4 is 22.7 Å². The minimum atomic E-state index is 0.447. The lowest BCUT2D eigenvalue weighted by Crippen LogP contribution is -2.32. The van der Waals surface area contributed by atoms with Crippen LogP contribution < -0.4 is 5.32 Å². The van der Waals surface area contributed by atoms with Crippen molar-refractivity contribution in [2.75, 3.05) is 26.2 Å². The fourth-order valence-electron chi connectivity index (χ4n) is 2.60. The Hall–Kier alpha value is -0.680. The molecule has 2 aromatic heterocycles. The van der Waals surface area contributed by atoms with Gasteiger partial charge in [0.2, 0.25) is 0 Å². The van der Waals surface area contributed by atoms with Gasteiger partial charge >= 0.3 is 0 Å². The summed E-state index contributed by atoms with van der Waals surface area (Å²) in [5.74, 6) is 0. The molecule has 1 fully saturated rings. The van der Waals surface area contributed by atoms with Crippen LogP contribution in [0.25, 0.3) is 0 Å². The van der Waals surface area contributed by atoms with E-state index in [0.29, 0.717) is 6.04 Å². The van der Waals surface area contributed by atoms with Crippen LogP contribution in [0.5, 0.6) is 0 Å². The van der Waals surface area contributed by atoms with E-state index in [-0.39, 0.29) is 0 Å². The van der Waals surface area contributed by atoms with Gasteiger partial charge in [-0.3, -0.25) is 4.90 Å². The summed E-state index contributed by atoms with van der Waals surface area (Å²) < 4.78 is 0. The number of nitrogens with one attached hydrogen (secondary N) is 1. The Morgan fingerprint density at radius 2 is 1.72 bits per heavy atom. The van der Waals surface area contributed by atoms with Crippen molar-refractivity contribution in [3.8, 4) is 0 Å². The van der Waals surface area contributed by atoms with E-state index >= 15 is 0 Å². The average Bonchev–Trinajstić information content (AvgIpc) is 3.02. The first-order chi connectivity index (χ1) is 8.95. The molecule has 18 heavy (non-hydrogen) atoms. The van der Waals surface area contributed by atoms with Gasteiger partial charge in [-0.25, -0.2) is 0 Å². The Labute approximate surface area is 116 Å². The molecule has 1 saturated heterocycles. The number of hydrogen-bond donors (Lipinski definition) is 1. The molecule has 96 valence electrons. The highest BCUT2D eigenvalue weighted by Gasteiger charge is 2.23. The van der Waals surface area contributed by atoms with Gasteiger partial charge in [0.15, 0.2) is 0 Å². The number of thiophene rings is 2. The van der Waals surface area contributed by atoms with Gasteiger partial charge in [-0.15, -0.1) is 0 Å². The molecule has 3 rings (SSSR count). The third-order valence-electron chi connectivity index (χ3n) is 3.46. The molecule has 0 unspecified atom stereocenters. The molecule has 0 spiro atoms. The van der Waals surface area contributed by atoms with Gasteiger partial charge < -0.3 is 5.32 Å². The zero-order chi connectivity index (χ0) is 12.2. The summed E-state index contributed by atoms with van der Waals surface area (Å²) >= 11 is 3.59. The maximum absolute atomic E-state index is 3.49. The third kappa shape index (κ3) is 2.67. The maximum Gasteiger partial charge on any atom is 0.0618 e. The van der Waals surface area contributed by atoms with E-state index < -0.39 is 0 Å². The minimum Gasteiger partial charge on any atom is -0.315 e. The Balaban J connectivity index is 1.89. The van der Waals surface area contributed by atoms with Crippen molar-refractivity contribution in [2.45, 2.75) is 12.5 Å². The molecule has 3 heterocycles. The molecule has 0 amide bonds. The summed E-state index contributed by atoms with van der Waals surface area (Å²) in [6, 6.07) is 4.98. The highest BCUT2D eigenvalue weighted by molar-refractivity contribution is 7.08. The molecule has 0 aliphatic carbocycles. The summed E-state index contributed by atoms with van der Waals surface area (Å²) in [5.41, 5.74) is 2.89. The Morgan fingerprint density at radius 1 is 1.00 bits per heavy atom. The minimum absolute atomic E-state index is 0.447. The lowest BCUT2D eigenvalue weighted by molar-refractivity contribution is 0.242. The van der Waals surface area contributed by atoms with Gasteiger partial charge in [-0.05, 0) is 57.7 Å². The van der Waals surface area contributed by atoms with Crippen LogP contribution in [-0.4, -0.2) is 31.1 Å². The van der Waals surface area contributed by atoms with Gasteiger partial charge in [-0.2, -0.15) is 22.7 Å². The van der Waals surface area contributed by atoms with Crippen molar-refractivity contribution in [3.63, 3.8) is 0 Å². The molecule has 0 bridgehead atoms. The second kappa shape index (κ2) is 5.97. The average molecular weight is 278 g/mol. The van der Waals surface area contributed by atoms with Crippen molar-refractivity contribution in [3.05, 3.63) is 44.8 Å². The van der Waals surface area contributed by atoms with E-state index in [9.17, 15) is 0 Å². The highest BCUT2D eigenvalue weighted by atomic mass is 32.1. The van der Waals surface area contributed by atoms with Crippen LogP contribution >= 0.6 is 22.7 Å². The third-order valence-corrected chi connectivity index (χ3v) is 4.86. The molecule has 0 radical (unpaired) electrons. The molecule has 1 N–H and O–H groups in total. The van der Waals surface area contributed by atoms with Crippen molar-refractivity contribution in [2.24, 2.45) is 0 Å². The second-order valence-electron chi connectivity index (χ2n) is 4.66. The van der Waals surface area contributed by atoms with Crippen LogP contribution in [0.3, 0.4) is 0 Å². The maximum atomic E-state index is 3.49. The van der Waals surface area contributed by atoms with E-state index in [2.05, 4.69) is 43.9 Å².